The number of aromatic nitrogens is 1. The zero-order valence-electron chi connectivity index (χ0n) is 19.5. The molecule has 0 fully saturated rings. The van der Waals surface area contributed by atoms with Crippen LogP contribution in [0.15, 0.2) is 46.9 Å². The summed E-state index contributed by atoms with van der Waals surface area (Å²) in [6.45, 7) is 9.76. The molecule has 4 rings (SSSR count). The summed E-state index contributed by atoms with van der Waals surface area (Å²) in [5.41, 5.74) is 1.42. The van der Waals surface area contributed by atoms with Crippen LogP contribution in [0.1, 0.15) is 31.3 Å². The van der Waals surface area contributed by atoms with Gasteiger partial charge in [0.2, 0.25) is 0 Å². The SMILES string of the molecule is CCOc1cccc2cc(C(=O)N(CCN(CC)CC)c3nc4ccc(OC)cc4s3)oc12. The Morgan fingerprint density at radius 1 is 1.09 bits per heavy atom. The number of nitrogens with zero attached hydrogens (tertiary/aromatic N) is 3. The maximum atomic E-state index is 13.7. The Bertz CT molecular complexity index is 1250. The minimum atomic E-state index is -0.216. The predicted molar refractivity (Wildman–Crippen MR) is 133 cm³/mol. The molecule has 0 saturated heterocycles. The van der Waals surface area contributed by atoms with Crippen molar-refractivity contribution in [2.24, 2.45) is 0 Å². The smallest absolute Gasteiger partial charge is 0.295 e. The summed E-state index contributed by atoms with van der Waals surface area (Å²) in [6.07, 6.45) is 0. The second-order valence-electron chi connectivity index (χ2n) is 7.53. The van der Waals surface area contributed by atoms with Gasteiger partial charge in [-0.05, 0) is 50.3 Å². The van der Waals surface area contributed by atoms with E-state index in [4.69, 9.17) is 18.9 Å². The number of ether oxygens (including phenoxy) is 2. The first-order valence-electron chi connectivity index (χ1n) is 11.2. The second-order valence-corrected chi connectivity index (χ2v) is 8.54. The Hall–Kier alpha value is -3.10. The quantitative estimate of drug-likeness (QED) is 0.309. The van der Waals surface area contributed by atoms with E-state index in [-0.39, 0.29) is 11.7 Å². The van der Waals surface area contributed by atoms with Gasteiger partial charge in [0.05, 0.1) is 23.9 Å². The number of fused-ring (bicyclic) bond motifs is 2. The summed E-state index contributed by atoms with van der Waals surface area (Å²) in [4.78, 5) is 22.4. The molecule has 0 unspecified atom stereocenters. The van der Waals surface area contributed by atoms with E-state index in [0.29, 0.717) is 29.6 Å². The van der Waals surface area contributed by atoms with Crippen molar-refractivity contribution in [2.45, 2.75) is 20.8 Å². The van der Waals surface area contributed by atoms with Gasteiger partial charge in [-0.15, -0.1) is 0 Å². The van der Waals surface area contributed by atoms with Gasteiger partial charge < -0.3 is 18.8 Å². The molecule has 7 nitrogen and oxygen atoms in total. The average molecular weight is 468 g/mol. The van der Waals surface area contributed by atoms with Crippen LogP contribution in [-0.4, -0.2) is 55.7 Å². The fraction of sp³-hybridized carbons (Fsp3) is 0.360. The van der Waals surface area contributed by atoms with Crippen LogP contribution in [0.3, 0.4) is 0 Å². The molecule has 0 saturated carbocycles. The van der Waals surface area contributed by atoms with E-state index in [1.54, 1.807) is 18.1 Å². The van der Waals surface area contributed by atoms with Crippen molar-refractivity contribution in [3.8, 4) is 11.5 Å². The van der Waals surface area contributed by atoms with Crippen LogP contribution in [0, 0.1) is 0 Å². The Morgan fingerprint density at radius 2 is 1.91 bits per heavy atom. The fourth-order valence-electron chi connectivity index (χ4n) is 3.74. The van der Waals surface area contributed by atoms with E-state index in [1.807, 2.05) is 43.3 Å². The molecule has 0 aliphatic rings. The van der Waals surface area contributed by atoms with E-state index < -0.39 is 0 Å². The minimum absolute atomic E-state index is 0.216. The minimum Gasteiger partial charge on any atom is -0.497 e. The van der Waals surface area contributed by atoms with E-state index in [0.717, 1.165) is 41.0 Å². The second kappa shape index (κ2) is 10.2. The lowest BCUT2D eigenvalue weighted by Crippen LogP contribution is -2.38. The summed E-state index contributed by atoms with van der Waals surface area (Å²) in [5.74, 6) is 1.45. The summed E-state index contributed by atoms with van der Waals surface area (Å²) in [6, 6.07) is 13.2. The number of furan rings is 1. The number of hydrogen-bond donors (Lipinski definition) is 0. The molecule has 4 aromatic rings. The van der Waals surface area contributed by atoms with Gasteiger partial charge in [0.25, 0.3) is 5.91 Å². The molecular formula is C25H29N3O4S. The molecule has 2 aromatic heterocycles. The van der Waals surface area contributed by atoms with Gasteiger partial charge in [-0.2, -0.15) is 0 Å². The number of carbonyl (C=O) groups excluding carboxylic acids is 1. The number of rotatable bonds is 10. The molecule has 8 heteroatoms. The number of amides is 1. The normalized spacial score (nSPS) is 11.4. The Morgan fingerprint density at radius 3 is 2.64 bits per heavy atom. The molecule has 2 heterocycles. The first kappa shape index (κ1) is 23.1. The van der Waals surface area contributed by atoms with Gasteiger partial charge in [0, 0.05) is 18.5 Å². The monoisotopic (exact) mass is 467 g/mol. The highest BCUT2D eigenvalue weighted by Gasteiger charge is 2.25. The molecule has 0 spiro atoms. The first-order valence-corrected chi connectivity index (χ1v) is 12.0. The van der Waals surface area contributed by atoms with Crippen molar-refractivity contribution in [1.82, 2.24) is 9.88 Å². The summed E-state index contributed by atoms with van der Waals surface area (Å²) in [7, 11) is 1.64. The molecule has 174 valence electrons. The molecule has 2 aromatic carbocycles. The molecule has 1 amide bonds. The van der Waals surface area contributed by atoms with Crippen molar-refractivity contribution < 1.29 is 18.7 Å². The van der Waals surface area contributed by atoms with Gasteiger partial charge in [-0.25, -0.2) is 4.98 Å². The van der Waals surface area contributed by atoms with E-state index in [9.17, 15) is 4.79 Å². The van der Waals surface area contributed by atoms with Crippen molar-refractivity contribution in [2.75, 3.05) is 44.8 Å². The van der Waals surface area contributed by atoms with Crippen LogP contribution in [0.5, 0.6) is 11.5 Å². The topological polar surface area (TPSA) is 68.0 Å². The average Bonchev–Trinajstić information content (AvgIpc) is 3.46. The van der Waals surface area contributed by atoms with Crippen molar-refractivity contribution in [3.05, 3.63) is 48.2 Å². The third kappa shape index (κ3) is 4.82. The molecular weight excluding hydrogens is 438 g/mol. The highest BCUT2D eigenvalue weighted by Crippen LogP contribution is 2.34. The van der Waals surface area contributed by atoms with E-state index in [2.05, 4.69) is 18.7 Å². The van der Waals surface area contributed by atoms with Crippen molar-refractivity contribution in [3.63, 3.8) is 0 Å². The fourth-order valence-corrected chi connectivity index (χ4v) is 4.76. The molecule has 33 heavy (non-hydrogen) atoms. The Labute approximate surface area is 197 Å². The van der Waals surface area contributed by atoms with Crippen LogP contribution in [0.2, 0.25) is 0 Å². The van der Waals surface area contributed by atoms with Gasteiger partial charge in [-0.1, -0.05) is 37.3 Å². The number of hydrogen-bond acceptors (Lipinski definition) is 7. The predicted octanol–water partition coefficient (Wildman–Crippen LogP) is 5.44. The number of benzene rings is 2. The lowest BCUT2D eigenvalue weighted by Gasteiger charge is -2.24. The number of likely N-dealkylation sites (N-methyl/N-ethyl adjacent to an activating group) is 1. The van der Waals surface area contributed by atoms with Gasteiger partial charge in [-0.3, -0.25) is 9.69 Å². The van der Waals surface area contributed by atoms with Crippen LogP contribution < -0.4 is 14.4 Å². The third-order valence-electron chi connectivity index (χ3n) is 5.61. The Balaban J connectivity index is 1.72. The Kier molecular flexibility index (Phi) is 7.15. The number of anilines is 1. The number of methoxy groups -OCH3 is 1. The van der Waals surface area contributed by atoms with Gasteiger partial charge in [0.1, 0.15) is 5.75 Å². The highest BCUT2D eigenvalue weighted by molar-refractivity contribution is 7.22. The zero-order chi connectivity index (χ0) is 23.4. The molecule has 0 N–H and O–H groups in total. The lowest BCUT2D eigenvalue weighted by molar-refractivity contribution is 0.0959. The largest absolute Gasteiger partial charge is 0.497 e. The van der Waals surface area contributed by atoms with Crippen LogP contribution >= 0.6 is 11.3 Å². The molecule has 0 atom stereocenters. The number of thiazole rings is 1. The lowest BCUT2D eigenvalue weighted by atomic mass is 10.2. The number of carbonyl (C=O) groups is 1. The van der Waals surface area contributed by atoms with E-state index in [1.165, 1.54) is 11.3 Å². The molecule has 0 radical (unpaired) electrons. The van der Waals surface area contributed by atoms with Gasteiger partial charge >= 0.3 is 0 Å². The molecule has 0 bridgehead atoms. The highest BCUT2D eigenvalue weighted by atomic mass is 32.1. The van der Waals surface area contributed by atoms with Gasteiger partial charge in [0.15, 0.2) is 22.2 Å². The molecule has 0 aliphatic heterocycles. The maximum absolute atomic E-state index is 13.7. The molecule has 0 aliphatic carbocycles. The summed E-state index contributed by atoms with van der Waals surface area (Å²) in [5, 5.41) is 1.47. The van der Waals surface area contributed by atoms with Crippen molar-refractivity contribution >= 4 is 43.6 Å². The third-order valence-corrected chi connectivity index (χ3v) is 6.65. The van der Waals surface area contributed by atoms with Crippen LogP contribution in [0.25, 0.3) is 21.2 Å². The van der Waals surface area contributed by atoms with E-state index >= 15 is 0 Å². The number of para-hydroxylation sites is 1. The summed E-state index contributed by atoms with van der Waals surface area (Å²) >= 11 is 1.47. The first-order chi connectivity index (χ1) is 16.1. The standard InChI is InChI=1S/C25H29N3O4S/c1-5-27(6-2)13-14-28(25-26-19-12-11-18(30-4)16-22(19)33-25)24(29)21-15-17-9-8-10-20(31-7-3)23(17)32-21/h8-12,15-16H,5-7,13-14H2,1-4H3. The maximum Gasteiger partial charge on any atom is 0.295 e. The summed E-state index contributed by atoms with van der Waals surface area (Å²) < 4.78 is 18.0. The van der Waals surface area contributed by atoms with Crippen molar-refractivity contribution in [1.29, 1.82) is 0 Å². The van der Waals surface area contributed by atoms with Crippen LogP contribution in [0.4, 0.5) is 5.13 Å². The van der Waals surface area contributed by atoms with Crippen LogP contribution in [-0.2, 0) is 0 Å². The zero-order valence-corrected chi connectivity index (χ0v) is 20.3.